The van der Waals surface area contributed by atoms with E-state index >= 15 is 0 Å². The van der Waals surface area contributed by atoms with Crippen LogP contribution in [0.2, 0.25) is 0 Å². The van der Waals surface area contributed by atoms with E-state index in [9.17, 15) is 0 Å². The van der Waals surface area contributed by atoms with Crippen LogP contribution in [0.5, 0.6) is 0 Å². The van der Waals surface area contributed by atoms with Crippen LogP contribution >= 0.6 is 0 Å². The summed E-state index contributed by atoms with van der Waals surface area (Å²) in [4.78, 5) is 4.38. The molecule has 4 nitrogen and oxygen atoms in total. The first-order valence-corrected chi connectivity index (χ1v) is 5.28. The van der Waals surface area contributed by atoms with Crippen LogP contribution in [0, 0.1) is 0 Å². The molecule has 4 heteroatoms. The largest absolute Gasteiger partial charge is 0.379 e. The van der Waals surface area contributed by atoms with Gasteiger partial charge >= 0.3 is 0 Å². The van der Waals surface area contributed by atoms with Crippen LogP contribution in [0.3, 0.4) is 0 Å². The van der Waals surface area contributed by atoms with E-state index in [4.69, 9.17) is 10.5 Å². The van der Waals surface area contributed by atoms with E-state index in [2.05, 4.69) is 30.9 Å². The van der Waals surface area contributed by atoms with Crippen molar-refractivity contribution >= 4 is 0 Å². The Bertz CT molecular complexity index is 120. The monoisotopic (exact) mass is 203 g/mol. The van der Waals surface area contributed by atoms with Crippen molar-refractivity contribution < 1.29 is 4.74 Å². The Hall–Kier alpha value is -0.160. The molecule has 0 saturated carbocycles. The maximum absolute atomic E-state index is 5.48. The van der Waals surface area contributed by atoms with E-state index in [0.29, 0.717) is 0 Å². The van der Waals surface area contributed by atoms with E-state index in [-0.39, 0.29) is 0 Å². The summed E-state index contributed by atoms with van der Waals surface area (Å²) in [7, 11) is 6.21. The molecular weight excluding hydrogens is 178 g/mol. The zero-order valence-electron chi connectivity index (χ0n) is 9.83. The van der Waals surface area contributed by atoms with E-state index in [1.165, 1.54) is 0 Å². The molecule has 0 saturated heterocycles. The highest BCUT2D eigenvalue weighted by Gasteiger charge is 1.97. The van der Waals surface area contributed by atoms with Gasteiger partial charge < -0.3 is 20.3 Å². The van der Waals surface area contributed by atoms with Gasteiger partial charge in [-0.1, -0.05) is 0 Å². The van der Waals surface area contributed by atoms with Gasteiger partial charge in [-0.2, -0.15) is 0 Å². The summed E-state index contributed by atoms with van der Waals surface area (Å²) in [6.07, 6.45) is 1.06. The van der Waals surface area contributed by atoms with Crippen LogP contribution in [0.25, 0.3) is 0 Å². The average Bonchev–Trinajstić information content (AvgIpc) is 2.13. The molecule has 0 fully saturated rings. The predicted octanol–water partition coefficient (Wildman–Crippen LogP) is -0.155. The number of hydrogen-bond acceptors (Lipinski definition) is 4. The Kier molecular flexibility index (Phi) is 9.29. The van der Waals surface area contributed by atoms with Crippen LogP contribution < -0.4 is 5.73 Å². The molecular formula is C10H25N3O. The molecule has 0 aromatic rings. The van der Waals surface area contributed by atoms with Crippen molar-refractivity contribution in [3.8, 4) is 0 Å². The lowest BCUT2D eigenvalue weighted by Crippen LogP contribution is -2.27. The number of rotatable bonds is 9. The standard InChI is InChI=1S/C10H25N3O/c1-12(2)7-9-14-10-8-13(3)6-4-5-11/h4-11H2,1-3H3. The van der Waals surface area contributed by atoms with Crippen molar-refractivity contribution in [3.63, 3.8) is 0 Å². The maximum Gasteiger partial charge on any atom is 0.0593 e. The minimum absolute atomic E-state index is 0.770. The Morgan fingerprint density at radius 1 is 1.00 bits per heavy atom. The molecule has 0 spiro atoms. The zero-order valence-corrected chi connectivity index (χ0v) is 9.83. The number of nitrogens with zero attached hydrogens (tertiary/aromatic N) is 2. The van der Waals surface area contributed by atoms with Crippen LogP contribution in [-0.4, -0.2) is 70.3 Å². The van der Waals surface area contributed by atoms with Crippen molar-refractivity contribution in [1.82, 2.24) is 9.80 Å². The topological polar surface area (TPSA) is 41.7 Å². The first kappa shape index (κ1) is 13.8. The van der Waals surface area contributed by atoms with Gasteiger partial charge in [0.25, 0.3) is 0 Å². The van der Waals surface area contributed by atoms with Crippen LogP contribution in [0.1, 0.15) is 6.42 Å². The van der Waals surface area contributed by atoms with Gasteiger partial charge in [0.15, 0.2) is 0 Å². The smallest absolute Gasteiger partial charge is 0.0593 e. The lowest BCUT2D eigenvalue weighted by atomic mass is 10.4. The van der Waals surface area contributed by atoms with Gasteiger partial charge in [0.05, 0.1) is 13.2 Å². The fraction of sp³-hybridized carbons (Fsp3) is 1.00. The second-order valence-electron chi connectivity index (χ2n) is 3.86. The lowest BCUT2D eigenvalue weighted by molar-refractivity contribution is 0.0987. The number of likely N-dealkylation sites (N-methyl/N-ethyl adjacent to an activating group) is 2. The van der Waals surface area contributed by atoms with E-state index in [0.717, 1.165) is 45.8 Å². The Morgan fingerprint density at radius 3 is 2.21 bits per heavy atom. The highest BCUT2D eigenvalue weighted by molar-refractivity contribution is 4.51. The van der Waals surface area contributed by atoms with Crippen molar-refractivity contribution in [2.45, 2.75) is 6.42 Å². The molecule has 0 amide bonds. The summed E-state index contributed by atoms with van der Waals surface area (Å²) in [5.41, 5.74) is 5.42. The van der Waals surface area contributed by atoms with Gasteiger partial charge in [-0.05, 0) is 40.7 Å². The fourth-order valence-corrected chi connectivity index (χ4v) is 1.04. The highest BCUT2D eigenvalue weighted by atomic mass is 16.5. The summed E-state index contributed by atoms with van der Waals surface area (Å²) in [5.74, 6) is 0. The van der Waals surface area contributed by atoms with Crippen molar-refractivity contribution in [1.29, 1.82) is 0 Å². The third-order valence-electron chi connectivity index (χ3n) is 2.04. The van der Waals surface area contributed by atoms with Crippen LogP contribution in [0.4, 0.5) is 0 Å². The van der Waals surface area contributed by atoms with Crippen molar-refractivity contribution in [2.24, 2.45) is 5.73 Å². The molecule has 0 aromatic carbocycles. The molecule has 0 aromatic heterocycles. The second kappa shape index (κ2) is 9.40. The van der Waals surface area contributed by atoms with Crippen molar-refractivity contribution in [3.05, 3.63) is 0 Å². The lowest BCUT2D eigenvalue weighted by Gasteiger charge is -2.16. The Balaban J connectivity index is 3.10. The average molecular weight is 203 g/mol. The first-order valence-electron chi connectivity index (χ1n) is 5.28. The third kappa shape index (κ3) is 9.92. The molecule has 0 aliphatic heterocycles. The highest BCUT2D eigenvalue weighted by Crippen LogP contribution is 1.86. The van der Waals surface area contributed by atoms with Crippen LogP contribution in [0.15, 0.2) is 0 Å². The van der Waals surface area contributed by atoms with E-state index < -0.39 is 0 Å². The normalized spacial score (nSPS) is 11.6. The molecule has 0 aliphatic carbocycles. The Labute approximate surface area is 88.0 Å². The minimum Gasteiger partial charge on any atom is -0.379 e. The second-order valence-corrected chi connectivity index (χ2v) is 3.86. The molecule has 0 rings (SSSR count). The van der Waals surface area contributed by atoms with Gasteiger partial charge in [0.2, 0.25) is 0 Å². The number of hydrogen-bond donors (Lipinski definition) is 1. The third-order valence-corrected chi connectivity index (χ3v) is 2.04. The van der Waals surface area contributed by atoms with Gasteiger partial charge in [-0.15, -0.1) is 0 Å². The summed E-state index contributed by atoms with van der Waals surface area (Å²) in [6.45, 7) is 5.45. The molecule has 2 N–H and O–H groups in total. The van der Waals surface area contributed by atoms with E-state index in [1.54, 1.807) is 0 Å². The molecule has 14 heavy (non-hydrogen) atoms. The maximum atomic E-state index is 5.48. The van der Waals surface area contributed by atoms with Gasteiger partial charge in [-0.3, -0.25) is 0 Å². The SMILES string of the molecule is CN(C)CCOCCN(C)CCCN. The Morgan fingerprint density at radius 2 is 1.64 bits per heavy atom. The summed E-state index contributed by atoms with van der Waals surface area (Å²) < 4.78 is 5.48. The fourth-order valence-electron chi connectivity index (χ4n) is 1.04. The predicted molar refractivity (Wildman–Crippen MR) is 60.5 cm³/mol. The quantitative estimate of drug-likeness (QED) is 0.529. The van der Waals surface area contributed by atoms with Gasteiger partial charge in [-0.25, -0.2) is 0 Å². The molecule has 0 radical (unpaired) electrons. The summed E-state index contributed by atoms with van der Waals surface area (Å²) in [6, 6.07) is 0. The molecule has 0 aliphatic rings. The van der Waals surface area contributed by atoms with Gasteiger partial charge in [0.1, 0.15) is 0 Å². The molecule has 0 bridgehead atoms. The molecule has 0 atom stereocenters. The van der Waals surface area contributed by atoms with Gasteiger partial charge in [0, 0.05) is 13.1 Å². The molecule has 0 heterocycles. The summed E-state index contributed by atoms with van der Waals surface area (Å²) in [5, 5.41) is 0. The molecule has 0 unspecified atom stereocenters. The number of nitrogens with two attached hydrogens (primary N) is 1. The first-order chi connectivity index (χ1) is 6.66. The minimum atomic E-state index is 0.770. The van der Waals surface area contributed by atoms with Crippen LogP contribution in [-0.2, 0) is 4.74 Å². The number of ether oxygens (including phenoxy) is 1. The van der Waals surface area contributed by atoms with Crippen molar-refractivity contribution in [2.75, 3.05) is 60.5 Å². The zero-order chi connectivity index (χ0) is 10.8. The molecule has 86 valence electrons. The van der Waals surface area contributed by atoms with E-state index in [1.807, 2.05) is 0 Å². The summed E-state index contributed by atoms with van der Waals surface area (Å²) >= 11 is 0.